The molecule has 1 amide bonds. The molecule has 24 heavy (non-hydrogen) atoms. The molecule has 2 unspecified atom stereocenters. The van der Waals surface area contributed by atoms with Crippen LogP contribution in [-0.2, 0) is 14.8 Å². The molecule has 0 bridgehead atoms. The Morgan fingerprint density at radius 3 is 2.12 bits per heavy atom. The molecule has 2 atom stereocenters. The molecule has 0 saturated heterocycles. The van der Waals surface area contributed by atoms with Crippen molar-refractivity contribution < 1.29 is 13.2 Å². The van der Waals surface area contributed by atoms with Crippen LogP contribution in [0.1, 0.15) is 13.8 Å². The van der Waals surface area contributed by atoms with Gasteiger partial charge in [0.1, 0.15) is 0 Å². The maximum Gasteiger partial charge on any atom is 0.242 e. The highest BCUT2D eigenvalue weighted by Crippen LogP contribution is 2.29. The standard InChI is InChI=1S/C15H26N4O3S.ClH/c1-10(11(2)16)15(20)17-13-9-12(23(21,22)19(5)6)7-8-14(13)18(3)4;/h7-11H,16H2,1-6H3,(H,17,20);1H. The number of nitrogens with one attached hydrogen (secondary N) is 1. The molecule has 1 rings (SSSR count). The summed E-state index contributed by atoms with van der Waals surface area (Å²) in [6.07, 6.45) is 0. The van der Waals surface area contributed by atoms with E-state index in [1.54, 1.807) is 24.8 Å². The lowest BCUT2D eigenvalue weighted by Crippen LogP contribution is -2.34. The largest absolute Gasteiger partial charge is 0.376 e. The molecule has 0 fully saturated rings. The van der Waals surface area contributed by atoms with Gasteiger partial charge < -0.3 is 16.0 Å². The van der Waals surface area contributed by atoms with Crippen molar-refractivity contribution in [3.8, 4) is 0 Å². The molecule has 0 heterocycles. The van der Waals surface area contributed by atoms with Gasteiger partial charge in [0.25, 0.3) is 0 Å². The van der Waals surface area contributed by atoms with Crippen molar-refractivity contribution in [1.29, 1.82) is 0 Å². The van der Waals surface area contributed by atoms with E-state index in [1.807, 2.05) is 14.1 Å². The molecule has 138 valence electrons. The number of nitrogens with zero attached hydrogens (tertiary/aromatic N) is 2. The fraction of sp³-hybridized carbons (Fsp3) is 0.533. The highest BCUT2D eigenvalue weighted by Gasteiger charge is 2.22. The number of anilines is 2. The highest BCUT2D eigenvalue weighted by molar-refractivity contribution is 7.89. The van der Waals surface area contributed by atoms with E-state index in [0.29, 0.717) is 11.4 Å². The zero-order valence-electron chi connectivity index (χ0n) is 14.9. The fourth-order valence-electron chi connectivity index (χ4n) is 1.86. The Hall–Kier alpha value is -1.35. The van der Waals surface area contributed by atoms with Gasteiger partial charge in [-0.2, -0.15) is 0 Å². The summed E-state index contributed by atoms with van der Waals surface area (Å²) in [5.74, 6) is -0.637. The maximum atomic E-state index is 12.3. The summed E-state index contributed by atoms with van der Waals surface area (Å²) >= 11 is 0. The molecule has 3 N–H and O–H groups in total. The minimum Gasteiger partial charge on any atom is -0.376 e. The Morgan fingerprint density at radius 2 is 1.71 bits per heavy atom. The number of halogens is 1. The Bertz CT molecular complexity index is 675. The molecule has 7 nitrogen and oxygen atoms in total. The Labute approximate surface area is 150 Å². The van der Waals surface area contributed by atoms with Crippen LogP contribution in [0.15, 0.2) is 23.1 Å². The first kappa shape index (κ1) is 22.6. The predicted molar refractivity (Wildman–Crippen MR) is 100 cm³/mol. The van der Waals surface area contributed by atoms with Crippen molar-refractivity contribution >= 4 is 39.7 Å². The topological polar surface area (TPSA) is 95.7 Å². The number of rotatable bonds is 6. The van der Waals surface area contributed by atoms with Crippen LogP contribution < -0.4 is 16.0 Å². The van der Waals surface area contributed by atoms with Crippen molar-refractivity contribution in [2.75, 3.05) is 38.4 Å². The summed E-state index contributed by atoms with van der Waals surface area (Å²) in [4.78, 5) is 14.2. The molecule has 0 saturated carbocycles. The van der Waals surface area contributed by atoms with Crippen molar-refractivity contribution in [3.63, 3.8) is 0 Å². The van der Waals surface area contributed by atoms with Gasteiger partial charge in [0.15, 0.2) is 0 Å². The van der Waals surface area contributed by atoms with Gasteiger partial charge in [-0.05, 0) is 25.1 Å². The molecular formula is C15H27ClN4O3S. The summed E-state index contributed by atoms with van der Waals surface area (Å²) in [5.41, 5.74) is 6.91. The number of carbonyl (C=O) groups is 1. The fourth-order valence-corrected chi connectivity index (χ4v) is 2.79. The maximum absolute atomic E-state index is 12.3. The van der Waals surface area contributed by atoms with Gasteiger partial charge in [-0.1, -0.05) is 6.92 Å². The number of hydrogen-bond acceptors (Lipinski definition) is 5. The Kier molecular flexibility index (Phi) is 8.17. The van der Waals surface area contributed by atoms with E-state index in [1.165, 1.54) is 26.2 Å². The first-order valence-electron chi connectivity index (χ1n) is 7.28. The third-order valence-electron chi connectivity index (χ3n) is 3.69. The highest BCUT2D eigenvalue weighted by atomic mass is 35.5. The molecule has 1 aromatic rings. The van der Waals surface area contributed by atoms with Gasteiger partial charge in [0.05, 0.1) is 22.2 Å². The van der Waals surface area contributed by atoms with Crippen molar-refractivity contribution in [2.24, 2.45) is 11.7 Å². The number of hydrogen-bond donors (Lipinski definition) is 2. The molecular weight excluding hydrogens is 352 g/mol. The zero-order chi connectivity index (χ0) is 17.9. The van der Waals surface area contributed by atoms with E-state index in [2.05, 4.69) is 5.32 Å². The van der Waals surface area contributed by atoms with Crippen LogP contribution in [0.2, 0.25) is 0 Å². The lowest BCUT2D eigenvalue weighted by Gasteiger charge is -2.22. The number of sulfonamides is 1. The van der Waals surface area contributed by atoms with Crippen LogP contribution in [0, 0.1) is 5.92 Å². The first-order valence-corrected chi connectivity index (χ1v) is 8.72. The van der Waals surface area contributed by atoms with Crippen LogP contribution >= 0.6 is 12.4 Å². The van der Waals surface area contributed by atoms with Crippen LogP contribution in [0.5, 0.6) is 0 Å². The van der Waals surface area contributed by atoms with Gasteiger partial charge in [-0.25, -0.2) is 12.7 Å². The van der Waals surface area contributed by atoms with E-state index >= 15 is 0 Å². The monoisotopic (exact) mass is 378 g/mol. The van der Waals surface area contributed by atoms with Gasteiger partial charge in [0.2, 0.25) is 15.9 Å². The van der Waals surface area contributed by atoms with E-state index < -0.39 is 10.0 Å². The molecule has 0 radical (unpaired) electrons. The number of amides is 1. The second-order valence-electron chi connectivity index (χ2n) is 6.00. The second-order valence-corrected chi connectivity index (χ2v) is 8.15. The van der Waals surface area contributed by atoms with E-state index in [9.17, 15) is 13.2 Å². The van der Waals surface area contributed by atoms with Crippen molar-refractivity contribution in [1.82, 2.24) is 4.31 Å². The van der Waals surface area contributed by atoms with Crippen LogP contribution in [0.4, 0.5) is 11.4 Å². The molecule has 0 aliphatic heterocycles. The lowest BCUT2D eigenvalue weighted by atomic mass is 10.0. The first-order chi connectivity index (χ1) is 10.5. The van der Waals surface area contributed by atoms with Gasteiger partial charge in [-0.15, -0.1) is 12.4 Å². The summed E-state index contributed by atoms with van der Waals surface area (Å²) in [6, 6.07) is 4.36. The number of nitrogens with two attached hydrogens (primary N) is 1. The summed E-state index contributed by atoms with van der Waals surface area (Å²) in [5, 5.41) is 2.78. The van der Waals surface area contributed by atoms with E-state index in [0.717, 1.165) is 4.31 Å². The third kappa shape index (κ3) is 5.07. The smallest absolute Gasteiger partial charge is 0.242 e. The molecule has 9 heteroatoms. The minimum absolute atomic E-state index is 0. The number of benzene rings is 1. The Morgan fingerprint density at radius 1 is 1.17 bits per heavy atom. The third-order valence-corrected chi connectivity index (χ3v) is 5.50. The average molecular weight is 379 g/mol. The summed E-state index contributed by atoms with van der Waals surface area (Å²) < 4.78 is 25.7. The van der Waals surface area contributed by atoms with Crippen LogP contribution in [-0.4, -0.2) is 52.9 Å². The normalized spacial score (nSPS) is 13.8. The average Bonchev–Trinajstić information content (AvgIpc) is 2.45. The summed E-state index contributed by atoms with van der Waals surface area (Å²) in [6.45, 7) is 3.49. The lowest BCUT2D eigenvalue weighted by molar-refractivity contribution is -0.119. The molecule has 0 aliphatic rings. The summed E-state index contributed by atoms with van der Waals surface area (Å²) in [7, 11) is 2.99. The van der Waals surface area contributed by atoms with Gasteiger partial charge in [-0.3, -0.25) is 4.79 Å². The van der Waals surface area contributed by atoms with E-state index in [4.69, 9.17) is 5.73 Å². The SMILES string of the molecule is CC(N)C(C)C(=O)Nc1cc(S(=O)(=O)N(C)C)ccc1N(C)C.Cl. The molecule has 0 spiro atoms. The minimum atomic E-state index is -3.58. The van der Waals surface area contributed by atoms with Crippen molar-refractivity contribution in [2.45, 2.75) is 24.8 Å². The molecule has 0 aliphatic carbocycles. The second kappa shape index (κ2) is 8.66. The van der Waals surface area contributed by atoms with Crippen molar-refractivity contribution in [3.05, 3.63) is 18.2 Å². The zero-order valence-corrected chi connectivity index (χ0v) is 16.5. The molecule has 0 aromatic heterocycles. The molecule has 1 aromatic carbocycles. The van der Waals surface area contributed by atoms with Crippen LogP contribution in [0.3, 0.4) is 0 Å². The predicted octanol–water partition coefficient (Wildman–Crippen LogP) is 1.35. The Balaban J connectivity index is 0.00000529. The quantitative estimate of drug-likeness (QED) is 0.778. The van der Waals surface area contributed by atoms with Gasteiger partial charge >= 0.3 is 0 Å². The van der Waals surface area contributed by atoms with Crippen LogP contribution in [0.25, 0.3) is 0 Å². The number of carbonyl (C=O) groups excluding carboxylic acids is 1. The van der Waals surface area contributed by atoms with E-state index in [-0.39, 0.29) is 35.2 Å². The van der Waals surface area contributed by atoms with Gasteiger partial charge in [0, 0.05) is 34.2 Å².